The van der Waals surface area contributed by atoms with Crippen LogP contribution < -0.4 is 10.6 Å². The Labute approximate surface area is 343 Å². The largest absolute Gasteiger partial charge is 0.346 e. The molecule has 57 heavy (non-hydrogen) atoms. The number of unbranched alkanes of at least 4 members (excludes halogenated alkanes) is 2. The predicted octanol–water partition coefficient (Wildman–Crippen LogP) is 7.25. The van der Waals surface area contributed by atoms with Crippen molar-refractivity contribution in [1.29, 1.82) is 0 Å². The number of benzene rings is 2. The lowest BCUT2D eigenvalue weighted by atomic mass is 9.87. The molecule has 9 heteroatoms. The monoisotopic (exact) mass is 785 g/mol. The van der Waals surface area contributed by atoms with Crippen LogP contribution in [0.15, 0.2) is 60.7 Å². The van der Waals surface area contributed by atoms with Gasteiger partial charge in [-0.3, -0.25) is 24.0 Å². The maximum Gasteiger partial charge on any atom is 0.224 e. The van der Waals surface area contributed by atoms with Gasteiger partial charge in [-0.1, -0.05) is 102 Å². The second kappa shape index (κ2) is 23.0. The average molecular weight is 785 g/mol. The van der Waals surface area contributed by atoms with Gasteiger partial charge in [-0.25, -0.2) is 0 Å². The van der Waals surface area contributed by atoms with Gasteiger partial charge in [-0.2, -0.15) is 0 Å². The molecule has 2 aliphatic rings. The van der Waals surface area contributed by atoms with Gasteiger partial charge in [-0.15, -0.1) is 0 Å². The van der Waals surface area contributed by atoms with Crippen molar-refractivity contribution in [3.63, 3.8) is 0 Å². The summed E-state index contributed by atoms with van der Waals surface area (Å²) >= 11 is 0. The lowest BCUT2D eigenvalue weighted by Crippen LogP contribution is -2.49. The Morgan fingerprint density at radius 2 is 1.25 bits per heavy atom. The highest BCUT2D eigenvalue weighted by Crippen LogP contribution is 2.47. The summed E-state index contributed by atoms with van der Waals surface area (Å²) in [6, 6.07) is 18.2. The van der Waals surface area contributed by atoms with Gasteiger partial charge >= 0.3 is 0 Å². The number of piperazine rings is 1. The van der Waals surface area contributed by atoms with E-state index in [0.717, 1.165) is 76.0 Å². The van der Waals surface area contributed by atoms with Crippen molar-refractivity contribution in [1.82, 2.24) is 20.4 Å². The molecule has 0 bridgehead atoms. The highest BCUT2D eigenvalue weighted by molar-refractivity contribution is 5.97. The third-order valence-electron chi connectivity index (χ3n) is 12.0. The van der Waals surface area contributed by atoms with Gasteiger partial charge in [0.25, 0.3) is 0 Å². The number of ketones is 3. The van der Waals surface area contributed by atoms with E-state index in [-0.39, 0.29) is 53.8 Å². The standard InChI is InChI=1S/C48H72N4O5/c1-35(2)30-42(44(54)34-40(32-38-18-12-8-13-19-38)47(57)50-43(31-36(3)4)45(55)48(5)23-24-48)49-46(56)39(22-21-37-16-10-7-11-17-37)33-41(53)20-14-9-15-25-52-28-26-51(6)27-29-52/h7-8,10-13,16-19,35-36,39-40,42-43H,9,14-15,20-34H2,1-6H3,(H,49,56)(H,50,57)/t39?,40-,42+,43+/m1/s1. The molecule has 0 aromatic heterocycles. The average Bonchev–Trinajstić information content (AvgIpc) is 3.94. The second-order valence-electron chi connectivity index (χ2n) is 18.3. The summed E-state index contributed by atoms with van der Waals surface area (Å²) in [5, 5.41) is 6.18. The zero-order chi connectivity index (χ0) is 41.4. The summed E-state index contributed by atoms with van der Waals surface area (Å²) in [6.45, 7) is 15.5. The van der Waals surface area contributed by atoms with E-state index < -0.39 is 29.3 Å². The summed E-state index contributed by atoms with van der Waals surface area (Å²) in [6.07, 6.45) is 7.46. The van der Waals surface area contributed by atoms with Crippen molar-refractivity contribution in [2.45, 2.75) is 130 Å². The second-order valence-corrected chi connectivity index (χ2v) is 18.3. The quantitative estimate of drug-likeness (QED) is 0.0967. The third kappa shape index (κ3) is 16.2. The molecule has 1 heterocycles. The van der Waals surface area contributed by atoms with Crippen molar-refractivity contribution >= 4 is 29.2 Å². The molecule has 1 aliphatic heterocycles. The maximum absolute atomic E-state index is 14.3. The van der Waals surface area contributed by atoms with Crippen molar-refractivity contribution in [3.8, 4) is 0 Å². The number of rotatable bonds is 26. The molecular weight excluding hydrogens is 713 g/mol. The van der Waals surface area contributed by atoms with E-state index in [1.165, 1.54) is 0 Å². The van der Waals surface area contributed by atoms with Gasteiger partial charge in [0, 0.05) is 62.7 Å². The fourth-order valence-electron chi connectivity index (χ4n) is 8.01. The van der Waals surface area contributed by atoms with Gasteiger partial charge < -0.3 is 20.4 Å². The molecule has 314 valence electrons. The highest BCUT2D eigenvalue weighted by Gasteiger charge is 2.48. The third-order valence-corrected chi connectivity index (χ3v) is 12.0. The van der Waals surface area contributed by atoms with E-state index in [1.54, 1.807) is 0 Å². The van der Waals surface area contributed by atoms with E-state index in [9.17, 15) is 24.0 Å². The number of hydrogen-bond donors (Lipinski definition) is 2. The Bertz CT molecular complexity index is 1570. The zero-order valence-corrected chi connectivity index (χ0v) is 35.9. The molecule has 2 aromatic carbocycles. The van der Waals surface area contributed by atoms with E-state index in [2.05, 4.69) is 27.5 Å². The number of amides is 2. The smallest absolute Gasteiger partial charge is 0.224 e. The van der Waals surface area contributed by atoms with Crippen LogP contribution in [-0.4, -0.2) is 90.8 Å². The molecule has 2 N–H and O–H groups in total. The number of nitrogens with one attached hydrogen (secondary N) is 2. The first kappa shape index (κ1) is 46.0. The normalized spacial score (nSPS) is 17.8. The lowest BCUT2D eigenvalue weighted by molar-refractivity contribution is -0.135. The predicted molar refractivity (Wildman–Crippen MR) is 229 cm³/mol. The molecule has 1 saturated heterocycles. The Hall–Kier alpha value is -3.69. The summed E-state index contributed by atoms with van der Waals surface area (Å²) in [4.78, 5) is 74.4. The van der Waals surface area contributed by atoms with Crippen LogP contribution in [0.25, 0.3) is 0 Å². The molecule has 1 aliphatic carbocycles. The number of nitrogens with zero attached hydrogens (tertiary/aromatic N) is 2. The minimum Gasteiger partial charge on any atom is -0.346 e. The van der Waals surface area contributed by atoms with Gasteiger partial charge in [-0.05, 0) is 94.3 Å². The maximum atomic E-state index is 14.3. The van der Waals surface area contributed by atoms with Crippen LogP contribution in [0.1, 0.15) is 116 Å². The van der Waals surface area contributed by atoms with Crippen LogP contribution in [0.4, 0.5) is 0 Å². The summed E-state index contributed by atoms with van der Waals surface area (Å²) < 4.78 is 0. The molecule has 4 atom stereocenters. The van der Waals surface area contributed by atoms with Gasteiger partial charge in [0.05, 0.1) is 12.1 Å². The van der Waals surface area contributed by atoms with E-state index in [1.807, 2.05) is 95.3 Å². The van der Waals surface area contributed by atoms with E-state index in [4.69, 9.17) is 0 Å². The Balaban J connectivity index is 1.44. The van der Waals surface area contributed by atoms with Crippen LogP contribution >= 0.6 is 0 Å². The topological polar surface area (TPSA) is 116 Å². The summed E-state index contributed by atoms with van der Waals surface area (Å²) in [5.41, 5.74) is 1.63. The molecule has 2 fully saturated rings. The van der Waals surface area contributed by atoms with Crippen LogP contribution in [0.3, 0.4) is 0 Å². The summed E-state index contributed by atoms with van der Waals surface area (Å²) in [5.74, 6) is -1.62. The molecule has 9 nitrogen and oxygen atoms in total. The minimum absolute atomic E-state index is 0.0695. The number of hydrogen-bond acceptors (Lipinski definition) is 7. The SMILES string of the molecule is CC(C)C[C@H](NC(=O)C(CCc1ccccc1)CC(=O)CCCCCN1CCN(C)CC1)C(=O)C[C@@H](Cc1ccccc1)C(=O)N[C@@H](CC(C)C)C(=O)C1(C)CC1. The molecular formula is C48H72N4O5. The number of likely N-dealkylation sites (N-methyl/N-ethyl adjacent to an activating group) is 1. The summed E-state index contributed by atoms with van der Waals surface area (Å²) in [7, 11) is 2.16. The van der Waals surface area contributed by atoms with Crippen molar-refractivity contribution in [3.05, 3.63) is 71.8 Å². The van der Waals surface area contributed by atoms with Gasteiger partial charge in [0.1, 0.15) is 5.78 Å². The molecule has 0 spiro atoms. The number of aryl methyl sites for hydroxylation is 1. The molecule has 4 rings (SSSR count). The minimum atomic E-state index is -0.800. The fourth-order valence-corrected chi connectivity index (χ4v) is 8.01. The van der Waals surface area contributed by atoms with E-state index >= 15 is 0 Å². The molecule has 1 saturated carbocycles. The van der Waals surface area contributed by atoms with Crippen molar-refractivity contribution in [2.75, 3.05) is 39.8 Å². The molecule has 0 radical (unpaired) electrons. The van der Waals surface area contributed by atoms with Gasteiger partial charge in [0.15, 0.2) is 11.6 Å². The van der Waals surface area contributed by atoms with Gasteiger partial charge in [0.2, 0.25) is 11.8 Å². The first-order chi connectivity index (χ1) is 27.2. The highest BCUT2D eigenvalue weighted by atomic mass is 16.2. The number of carbonyl (C=O) groups excluding carboxylic acids is 5. The first-order valence-corrected chi connectivity index (χ1v) is 21.9. The number of carbonyl (C=O) groups is 5. The Morgan fingerprint density at radius 3 is 1.84 bits per heavy atom. The van der Waals surface area contributed by atoms with Crippen molar-refractivity contribution in [2.24, 2.45) is 29.1 Å². The Kier molecular flexibility index (Phi) is 18.6. The first-order valence-electron chi connectivity index (χ1n) is 21.9. The Morgan fingerprint density at radius 1 is 0.684 bits per heavy atom. The molecule has 2 aromatic rings. The van der Waals surface area contributed by atoms with E-state index in [0.29, 0.717) is 38.5 Å². The van der Waals surface area contributed by atoms with Crippen LogP contribution in [0.2, 0.25) is 0 Å². The van der Waals surface area contributed by atoms with Crippen molar-refractivity contribution < 1.29 is 24.0 Å². The fraction of sp³-hybridized carbons (Fsp3) is 0.646. The number of Topliss-reactive ketones (excluding diaryl/α,β-unsaturated/α-hetero) is 3. The van der Waals surface area contributed by atoms with Crippen LogP contribution in [0, 0.1) is 29.1 Å². The lowest BCUT2D eigenvalue weighted by Gasteiger charge is -2.32. The molecule has 2 amide bonds. The molecule has 1 unspecified atom stereocenters. The van der Waals surface area contributed by atoms with Crippen LogP contribution in [-0.2, 0) is 36.8 Å². The zero-order valence-electron chi connectivity index (χ0n) is 35.9. The van der Waals surface area contributed by atoms with Crippen LogP contribution in [0.5, 0.6) is 0 Å².